The van der Waals surface area contributed by atoms with Gasteiger partial charge in [0.15, 0.2) is 0 Å². The van der Waals surface area contributed by atoms with Gasteiger partial charge in [0.2, 0.25) is 0 Å². The lowest BCUT2D eigenvalue weighted by atomic mass is 9.90. The van der Waals surface area contributed by atoms with E-state index in [-0.39, 0.29) is 0 Å². The second-order valence-electron chi connectivity index (χ2n) is 11.4. The van der Waals surface area contributed by atoms with Crippen molar-refractivity contribution in [3.63, 3.8) is 0 Å². The highest BCUT2D eigenvalue weighted by Crippen LogP contribution is 2.25. The van der Waals surface area contributed by atoms with Crippen molar-refractivity contribution in [3.05, 3.63) is 35.9 Å². The number of rotatable bonds is 10. The average molecular weight is 485 g/mol. The Morgan fingerprint density at radius 1 is 0.571 bits per heavy atom. The lowest BCUT2D eigenvalue weighted by Crippen LogP contribution is -2.26. The number of benzene rings is 1. The molecule has 0 aliphatic carbocycles. The van der Waals surface area contributed by atoms with Gasteiger partial charge in [0, 0.05) is 0 Å². The van der Waals surface area contributed by atoms with Crippen LogP contribution in [-0.2, 0) is 0 Å². The number of hydrogen-bond donors (Lipinski definition) is 2. The molecule has 2 saturated heterocycles. The number of hydrogen-bond acceptors (Lipinski definition) is 2. The fourth-order valence-electron chi connectivity index (χ4n) is 5.90. The molecule has 2 nitrogen and oxygen atoms in total. The Labute approximate surface area is 219 Å². The Balaban J connectivity index is 0.000000298. The average Bonchev–Trinajstić information content (AvgIpc) is 2.94. The zero-order chi connectivity index (χ0) is 24.7. The van der Waals surface area contributed by atoms with Crippen molar-refractivity contribution in [2.75, 3.05) is 26.2 Å². The molecule has 2 heterocycles. The molecule has 2 fully saturated rings. The summed E-state index contributed by atoms with van der Waals surface area (Å²) in [6.07, 6.45) is 29.0. The first-order valence-electron chi connectivity index (χ1n) is 15.9. The Kier molecular flexibility index (Phi) is 19.4. The van der Waals surface area contributed by atoms with Crippen molar-refractivity contribution in [1.29, 1.82) is 0 Å². The molecule has 1 aromatic rings. The zero-order valence-corrected chi connectivity index (χ0v) is 23.5. The molecule has 0 bridgehead atoms. The molecule has 0 aromatic heterocycles. The molecule has 0 saturated carbocycles. The van der Waals surface area contributed by atoms with Crippen molar-refractivity contribution in [2.24, 2.45) is 5.92 Å². The summed E-state index contributed by atoms with van der Waals surface area (Å²) in [5, 5.41) is 6.99. The van der Waals surface area contributed by atoms with Gasteiger partial charge in [0.1, 0.15) is 0 Å². The second kappa shape index (κ2) is 22.3. The number of unbranched alkanes of at least 4 members (excludes halogenated alkanes) is 7. The van der Waals surface area contributed by atoms with Crippen molar-refractivity contribution in [1.82, 2.24) is 10.6 Å². The minimum atomic E-state index is 0.799. The van der Waals surface area contributed by atoms with Gasteiger partial charge in [-0.3, -0.25) is 0 Å². The molecule has 0 radical (unpaired) electrons. The first-order chi connectivity index (χ1) is 17.4. The van der Waals surface area contributed by atoms with Gasteiger partial charge in [-0.15, -0.1) is 0 Å². The summed E-state index contributed by atoms with van der Waals surface area (Å²) in [6.45, 7) is 7.17. The minimum absolute atomic E-state index is 0.799. The Morgan fingerprint density at radius 3 is 1.77 bits per heavy atom. The quantitative estimate of drug-likeness (QED) is 0.323. The number of piperidine rings is 1. The minimum Gasteiger partial charge on any atom is -0.317 e. The molecule has 1 atom stereocenters. The van der Waals surface area contributed by atoms with E-state index in [0.29, 0.717) is 0 Å². The van der Waals surface area contributed by atoms with Crippen LogP contribution < -0.4 is 10.6 Å². The van der Waals surface area contributed by atoms with E-state index in [0.717, 1.165) is 11.8 Å². The van der Waals surface area contributed by atoms with E-state index in [9.17, 15) is 0 Å². The van der Waals surface area contributed by atoms with Crippen LogP contribution in [0.4, 0.5) is 0 Å². The standard InChI is InChI=1S/C22H45N.C11H15N/c1-2-3-4-5-6-7-8-12-17-22-18-13-9-10-15-20-23-21-16-11-14-19-22;1-2-4-10(5-3-1)11-6-8-12-9-7-11/h22-23H,2-21H2,1H3;1-5,11-12H,6-9H2. The fourth-order valence-corrected chi connectivity index (χ4v) is 5.90. The van der Waals surface area contributed by atoms with Crippen LogP contribution in [0.25, 0.3) is 0 Å². The molecule has 2 N–H and O–H groups in total. The molecule has 1 aromatic carbocycles. The van der Waals surface area contributed by atoms with Gasteiger partial charge in [0.05, 0.1) is 0 Å². The first kappa shape index (κ1) is 30.4. The molecule has 0 amide bonds. The van der Waals surface area contributed by atoms with Gasteiger partial charge in [-0.1, -0.05) is 140 Å². The summed E-state index contributed by atoms with van der Waals surface area (Å²) in [7, 11) is 0. The van der Waals surface area contributed by atoms with Gasteiger partial charge in [0.25, 0.3) is 0 Å². The van der Waals surface area contributed by atoms with Crippen LogP contribution in [0.2, 0.25) is 0 Å². The highest BCUT2D eigenvalue weighted by Gasteiger charge is 2.13. The van der Waals surface area contributed by atoms with E-state index in [1.165, 1.54) is 160 Å². The summed E-state index contributed by atoms with van der Waals surface area (Å²) in [6, 6.07) is 10.9. The van der Waals surface area contributed by atoms with E-state index in [2.05, 4.69) is 47.9 Å². The topological polar surface area (TPSA) is 24.1 Å². The molecular weight excluding hydrogens is 424 g/mol. The normalized spacial score (nSPS) is 21.1. The first-order valence-corrected chi connectivity index (χ1v) is 15.9. The van der Waals surface area contributed by atoms with Crippen LogP contribution in [0, 0.1) is 5.92 Å². The lowest BCUT2D eigenvalue weighted by Gasteiger charge is -2.22. The third kappa shape index (κ3) is 16.5. The van der Waals surface area contributed by atoms with E-state index in [4.69, 9.17) is 0 Å². The molecule has 2 aliphatic heterocycles. The molecule has 2 heteroatoms. The summed E-state index contributed by atoms with van der Waals surface area (Å²) >= 11 is 0. The number of nitrogens with one attached hydrogen (secondary N) is 2. The van der Waals surface area contributed by atoms with Crippen LogP contribution in [0.1, 0.15) is 147 Å². The van der Waals surface area contributed by atoms with E-state index in [1.54, 1.807) is 0 Å². The molecule has 0 spiro atoms. The van der Waals surface area contributed by atoms with Crippen molar-refractivity contribution in [3.8, 4) is 0 Å². The monoisotopic (exact) mass is 484 g/mol. The van der Waals surface area contributed by atoms with Crippen LogP contribution in [-0.4, -0.2) is 26.2 Å². The molecule has 2 aliphatic rings. The lowest BCUT2D eigenvalue weighted by molar-refractivity contribution is 0.369. The summed E-state index contributed by atoms with van der Waals surface area (Å²) in [5.41, 5.74) is 1.51. The molecule has 3 rings (SSSR count). The van der Waals surface area contributed by atoms with Crippen LogP contribution in [0.5, 0.6) is 0 Å². The maximum Gasteiger partial charge on any atom is -0.00431 e. The van der Waals surface area contributed by atoms with Crippen LogP contribution in [0.15, 0.2) is 30.3 Å². The van der Waals surface area contributed by atoms with E-state index >= 15 is 0 Å². The second-order valence-corrected chi connectivity index (χ2v) is 11.4. The van der Waals surface area contributed by atoms with Crippen LogP contribution in [0.3, 0.4) is 0 Å². The van der Waals surface area contributed by atoms with E-state index in [1.807, 2.05) is 0 Å². The Morgan fingerprint density at radius 2 is 1.11 bits per heavy atom. The SMILES string of the molecule is CCCCCCCCCCC1CCCCCCNCCCCC1.c1ccc(C2CCNCC2)cc1. The van der Waals surface area contributed by atoms with E-state index < -0.39 is 0 Å². The smallest absolute Gasteiger partial charge is 0.00431 e. The highest BCUT2D eigenvalue weighted by atomic mass is 14.9. The third-order valence-corrected chi connectivity index (χ3v) is 8.26. The molecule has 35 heavy (non-hydrogen) atoms. The van der Waals surface area contributed by atoms with Crippen molar-refractivity contribution < 1.29 is 0 Å². The Bertz CT molecular complexity index is 537. The van der Waals surface area contributed by atoms with Gasteiger partial charge in [-0.05, 0) is 69.3 Å². The van der Waals surface area contributed by atoms with Crippen molar-refractivity contribution >= 4 is 0 Å². The Hall–Kier alpha value is -0.860. The van der Waals surface area contributed by atoms with Gasteiger partial charge >= 0.3 is 0 Å². The maximum absolute atomic E-state index is 3.60. The zero-order valence-electron chi connectivity index (χ0n) is 23.5. The molecule has 202 valence electrons. The predicted octanol–water partition coefficient (Wildman–Crippen LogP) is 9.40. The largest absolute Gasteiger partial charge is 0.317 e. The molecular formula is C33H60N2. The maximum atomic E-state index is 3.60. The summed E-state index contributed by atoms with van der Waals surface area (Å²) in [4.78, 5) is 0. The summed E-state index contributed by atoms with van der Waals surface area (Å²) in [5.74, 6) is 1.84. The molecule has 1 unspecified atom stereocenters. The third-order valence-electron chi connectivity index (χ3n) is 8.26. The van der Waals surface area contributed by atoms with Gasteiger partial charge < -0.3 is 10.6 Å². The predicted molar refractivity (Wildman–Crippen MR) is 156 cm³/mol. The summed E-state index contributed by atoms with van der Waals surface area (Å²) < 4.78 is 0. The van der Waals surface area contributed by atoms with Gasteiger partial charge in [-0.2, -0.15) is 0 Å². The fraction of sp³-hybridized carbons (Fsp3) is 0.818. The highest BCUT2D eigenvalue weighted by molar-refractivity contribution is 5.19. The van der Waals surface area contributed by atoms with Gasteiger partial charge in [-0.25, -0.2) is 0 Å². The van der Waals surface area contributed by atoms with Crippen molar-refractivity contribution in [2.45, 2.75) is 141 Å². The van der Waals surface area contributed by atoms with Crippen LogP contribution >= 0.6 is 0 Å².